The van der Waals surface area contributed by atoms with Crippen molar-refractivity contribution in [2.45, 2.75) is 30.4 Å². The number of halogens is 1. The number of benzene rings is 1. The molecule has 1 rings (SSSR count). The van der Waals surface area contributed by atoms with Crippen molar-refractivity contribution in [2.75, 3.05) is 0 Å². The number of aliphatic carboxylic acids is 1. The van der Waals surface area contributed by atoms with Crippen LogP contribution in [-0.2, 0) is 10.5 Å². The maximum absolute atomic E-state index is 10.9. The smallest absolute Gasteiger partial charge is 0.321 e. The Kier molecular flexibility index (Phi) is 5.38. The summed E-state index contributed by atoms with van der Waals surface area (Å²) in [7, 11) is 0. The van der Waals surface area contributed by atoms with Crippen molar-refractivity contribution in [1.29, 1.82) is 0 Å². The molecule has 6 nitrogen and oxygen atoms in total. The highest BCUT2D eigenvalue weighted by Crippen LogP contribution is 2.34. The third-order valence-electron chi connectivity index (χ3n) is 2.85. The Morgan fingerprint density at radius 3 is 2.70 bits per heavy atom. The summed E-state index contributed by atoms with van der Waals surface area (Å²) in [6, 6.07) is 3.23. The first-order chi connectivity index (χ1) is 9.15. The van der Waals surface area contributed by atoms with Gasteiger partial charge in [-0.05, 0) is 26.0 Å². The Morgan fingerprint density at radius 2 is 2.20 bits per heavy atom. The van der Waals surface area contributed by atoms with E-state index in [1.165, 1.54) is 30.0 Å². The molecular formula is C12H15ClN2O4S. The van der Waals surface area contributed by atoms with Crippen LogP contribution in [0.15, 0.2) is 18.2 Å². The number of rotatable bonds is 6. The molecule has 8 heteroatoms. The number of nitrogens with two attached hydrogens (primary N) is 1. The second kappa shape index (κ2) is 6.43. The predicted molar refractivity (Wildman–Crippen MR) is 79.1 cm³/mol. The van der Waals surface area contributed by atoms with Crippen LogP contribution >= 0.6 is 23.4 Å². The van der Waals surface area contributed by atoms with E-state index in [0.717, 1.165) is 0 Å². The quantitative estimate of drug-likeness (QED) is 0.617. The molecule has 20 heavy (non-hydrogen) atoms. The van der Waals surface area contributed by atoms with Gasteiger partial charge in [0.05, 0.1) is 4.92 Å². The van der Waals surface area contributed by atoms with Gasteiger partial charge in [0.1, 0.15) is 6.04 Å². The third kappa shape index (κ3) is 4.09. The van der Waals surface area contributed by atoms with Gasteiger partial charge in [0.25, 0.3) is 5.69 Å². The molecule has 0 saturated carbocycles. The van der Waals surface area contributed by atoms with Crippen molar-refractivity contribution in [3.8, 4) is 0 Å². The van der Waals surface area contributed by atoms with Gasteiger partial charge in [-0.1, -0.05) is 11.6 Å². The van der Waals surface area contributed by atoms with Crippen molar-refractivity contribution >= 4 is 35.0 Å². The first-order valence-electron chi connectivity index (χ1n) is 5.70. The molecule has 1 aromatic rings. The minimum absolute atomic E-state index is 0.0402. The first kappa shape index (κ1) is 16.7. The van der Waals surface area contributed by atoms with E-state index in [9.17, 15) is 14.9 Å². The Morgan fingerprint density at radius 1 is 1.60 bits per heavy atom. The lowest BCUT2D eigenvalue weighted by Gasteiger charge is -2.27. The lowest BCUT2D eigenvalue weighted by Crippen LogP contribution is -2.46. The molecule has 1 atom stereocenters. The first-order valence-corrected chi connectivity index (χ1v) is 7.06. The number of carbonyl (C=O) groups is 1. The fourth-order valence-electron chi connectivity index (χ4n) is 1.50. The molecule has 0 saturated heterocycles. The monoisotopic (exact) mass is 318 g/mol. The standard InChI is InChI=1S/C12H15ClN2O4S/c1-12(2,10(14)11(16)17)20-6-7-5-8(13)3-4-9(7)15(18)19/h3-5,10H,6,14H2,1-2H3,(H,16,17)/t10-/m0/s1. The van der Waals surface area contributed by atoms with Gasteiger partial charge < -0.3 is 10.8 Å². The van der Waals surface area contributed by atoms with Crippen molar-refractivity contribution in [1.82, 2.24) is 0 Å². The number of hydrogen-bond donors (Lipinski definition) is 2. The summed E-state index contributed by atoms with van der Waals surface area (Å²) in [5.74, 6) is -0.853. The van der Waals surface area contributed by atoms with Crippen LogP contribution in [0, 0.1) is 10.1 Å². The Labute approximate surface area is 125 Å². The van der Waals surface area contributed by atoms with E-state index in [0.29, 0.717) is 10.6 Å². The van der Waals surface area contributed by atoms with E-state index >= 15 is 0 Å². The van der Waals surface area contributed by atoms with Crippen LogP contribution in [0.1, 0.15) is 19.4 Å². The summed E-state index contributed by atoms with van der Waals surface area (Å²) in [6.45, 7) is 3.37. The Balaban J connectivity index is 2.92. The molecular weight excluding hydrogens is 304 g/mol. The van der Waals surface area contributed by atoms with Crippen LogP contribution in [0.25, 0.3) is 0 Å². The minimum atomic E-state index is -1.11. The molecule has 0 amide bonds. The zero-order chi connectivity index (χ0) is 15.5. The van der Waals surface area contributed by atoms with Crippen molar-refractivity contribution in [3.63, 3.8) is 0 Å². The zero-order valence-electron chi connectivity index (χ0n) is 11.0. The lowest BCUT2D eigenvalue weighted by molar-refractivity contribution is -0.385. The number of carboxylic acid groups (broad SMARTS) is 1. The molecule has 0 heterocycles. The Bertz CT molecular complexity index is 536. The van der Waals surface area contributed by atoms with Crippen LogP contribution in [0.3, 0.4) is 0 Å². The normalized spacial score (nSPS) is 13.0. The maximum atomic E-state index is 10.9. The summed E-state index contributed by atoms with van der Waals surface area (Å²) in [5.41, 5.74) is 6.01. The van der Waals surface area contributed by atoms with E-state index in [-0.39, 0.29) is 11.4 Å². The van der Waals surface area contributed by atoms with Crippen molar-refractivity contribution < 1.29 is 14.8 Å². The molecule has 0 fully saturated rings. The number of nitro groups is 1. The second-order valence-corrected chi connectivity index (χ2v) is 6.80. The Hall–Kier alpha value is -1.31. The second-order valence-electron chi connectivity index (χ2n) is 4.74. The van der Waals surface area contributed by atoms with Crippen molar-refractivity contribution in [2.24, 2.45) is 5.73 Å². The van der Waals surface area contributed by atoms with Gasteiger partial charge >= 0.3 is 5.97 Å². The van der Waals surface area contributed by atoms with Crippen LogP contribution in [0.5, 0.6) is 0 Å². The van der Waals surface area contributed by atoms with E-state index < -0.39 is 21.7 Å². The highest BCUT2D eigenvalue weighted by atomic mass is 35.5. The highest BCUT2D eigenvalue weighted by molar-refractivity contribution is 7.99. The predicted octanol–water partition coefficient (Wildman–Crippen LogP) is 2.67. The number of nitrogens with zero attached hydrogens (tertiary/aromatic N) is 1. The lowest BCUT2D eigenvalue weighted by atomic mass is 10.1. The van der Waals surface area contributed by atoms with Crippen LogP contribution in [-0.4, -0.2) is 26.8 Å². The van der Waals surface area contributed by atoms with Crippen LogP contribution < -0.4 is 5.73 Å². The molecule has 110 valence electrons. The SMILES string of the molecule is CC(C)(SCc1cc(Cl)ccc1[N+](=O)[O-])[C@@H](N)C(=O)O. The van der Waals surface area contributed by atoms with Crippen LogP contribution in [0.2, 0.25) is 5.02 Å². The van der Waals surface area contributed by atoms with Gasteiger partial charge in [0, 0.05) is 27.2 Å². The van der Waals surface area contributed by atoms with Crippen molar-refractivity contribution in [3.05, 3.63) is 38.9 Å². The summed E-state index contributed by atoms with van der Waals surface area (Å²) in [4.78, 5) is 21.4. The number of hydrogen-bond acceptors (Lipinski definition) is 5. The molecule has 0 unspecified atom stereocenters. The van der Waals surface area contributed by atoms with Gasteiger partial charge in [-0.25, -0.2) is 0 Å². The van der Waals surface area contributed by atoms with Gasteiger partial charge in [0.2, 0.25) is 0 Å². The minimum Gasteiger partial charge on any atom is -0.480 e. The summed E-state index contributed by atoms with van der Waals surface area (Å²) >= 11 is 7.07. The maximum Gasteiger partial charge on any atom is 0.321 e. The van der Waals surface area contributed by atoms with Gasteiger partial charge in [0.15, 0.2) is 0 Å². The highest BCUT2D eigenvalue weighted by Gasteiger charge is 2.33. The molecule has 0 aliphatic carbocycles. The van der Waals surface area contributed by atoms with Crippen LogP contribution in [0.4, 0.5) is 5.69 Å². The summed E-state index contributed by atoms with van der Waals surface area (Å²) in [6.07, 6.45) is 0. The van der Waals surface area contributed by atoms with Gasteiger partial charge in [-0.15, -0.1) is 11.8 Å². The molecule has 0 aliphatic rings. The largest absolute Gasteiger partial charge is 0.480 e. The topological polar surface area (TPSA) is 106 Å². The van der Waals surface area contributed by atoms with E-state index in [1.54, 1.807) is 13.8 Å². The fraction of sp³-hybridized carbons (Fsp3) is 0.417. The average Bonchev–Trinajstić information content (AvgIpc) is 2.35. The number of carboxylic acids is 1. The summed E-state index contributed by atoms with van der Waals surface area (Å²) in [5, 5.41) is 20.3. The molecule has 0 radical (unpaired) electrons. The summed E-state index contributed by atoms with van der Waals surface area (Å²) < 4.78 is -0.762. The molecule has 3 N–H and O–H groups in total. The number of thioether (sulfide) groups is 1. The molecule has 0 aromatic heterocycles. The molecule has 1 aromatic carbocycles. The van der Waals surface area contributed by atoms with E-state index in [1.807, 2.05) is 0 Å². The fourth-order valence-corrected chi connectivity index (χ4v) is 2.73. The third-order valence-corrected chi connectivity index (χ3v) is 4.54. The zero-order valence-corrected chi connectivity index (χ0v) is 12.6. The van der Waals surface area contributed by atoms with E-state index in [4.69, 9.17) is 22.4 Å². The van der Waals surface area contributed by atoms with E-state index in [2.05, 4.69) is 0 Å². The average molecular weight is 319 g/mol. The van der Waals surface area contributed by atoms with Gasteiger partial charge in [-0.2, -0.15) is 0 Å². The number of nitro benzene ring substituents is 1. The van der Waals surface area contributed by atoms with Gasteiger partial charge in [-0.3, -0.25) is 14.9 Å². The molecule has 0 bridgehead atoms. The molecule has 0 aliphatic heterocycles. The molecule has 0 spiro atoms.